The molecular formula is C15H22N2O3S2. The molecule has 2 fully saturated rings. The van der Waals surface area contributed by atoms with Crippen LogP contribution >= 0.6 is 11.3 Å². The van der Waals surface area contributed by atoms with Gasteiger partial charge in [0.15, 0.2) is 0 Å². The number of thiophene rings is 1. The maximum Gasteiger partial charge on any atom is 0.264 e. The third-order valence-electron chi connectivity index (χ3n) is 4.83. The molecular weight excluding hydrogens is 320 g/mol. The molecule has 1 spiro atoms. The van der Waals surface area contributed by atoms with Crippen molar-refractivity contribution < 1.29 is 13.2 Å². The van der Waals surface area contributed by atoms with Gasteiger partial charge in [-0.05, 0) is 49.6 Å². The van der Waals surface area contributed by atoms with Gasteiger partial charge in [0.1, 0.15) is 0 Å². The first-order valence-electron chi connectivity index (χ1n) is 7.65. The molecule has 1 aromatic rings. The highest BCUT2D eigenvalue weighted by molar-refractivity contribution is 7.88. The van der Waals surface area contributed by atoms with E-state index >= 15 is 0 Å². The van der Waals surface area contributed by atoms with Crippen molar-refractivity contribution in [3.05, 3.63) is 21.9 Å². The molecule has 2 aliphatic rings. The predicted octanol–water partition coefficient (Wildman–Crippen LogP) is 2.09. The average molecular weight is 342 g/mol. The van der Waals surface area contributed by atoms with Crippen molar-refractivity contribution in [2.45, 2.75) is 38.1 Å². The quantitative estimate of drug-likeness (QED) is 0.827. The molecule has 22 heavy (non-hydrogen) atoms. The Kier molecular flexibility index (Phi) is 4.07. The van der Waals surface area contributed by atoms with E-state index in [4.69, 9.17) is 0 Å². The summed E-state index contributed by atoms with van der Waals surface area (Å²) < 4.78 is 25.8. The molecule has 0 saturated carbocycles. The highest BCUT2D eigenvalue weighted by atomic mass is 32.2. The zero-order valence-electron chi connectivity index (χ0n) is 13.0. The fraction of sp³-hybridized carbons (Fsp3) is 0.667. The van der Waals surface area contributed by atoms with E-state index in [9.17, 15) is 13.2 Å². The molecule has 2 saturated heterocycles. The third kappa shape index (κ3) is 2.70. The van der Waals surface area contributed by atoms with E-state index in [1.54, 1.807) is 4.31 Å². The lowest BCUT2D eigenvalue weighted by Gasteiger charge is -2.44. The summed E-state index contributed by atoms with van der Waals surface area (Å²) in [5, 5.41) is 1.93. The number of amides is 1. The topological polar surface area (TPSA) is 57.7 Å². The van der Waals surface area contributed by atoms with E-state index in [2.05, 4.69) is 0 Å². The van der Waals surface area contributed by atoms with Crippen LogP contribution in [-0.4, -0.2) is 55.0 Å². The van der Waals surface area contributed by atoms with Crippen LogP contribution in [-0.2, 0) is 10.0 Å². The summed E-state index contributed by atoms with van der Waals surface area (Å²) in [6, 6.07) is 1.95. The van der Waals surface area contributed by atoms with Gasteiger partial charge in [-0.15, -0.1) is 11.3 Å². The van der Waals surface area contributed by atoms with Gasteiger partial charge in [-0.1, -0.05) is 0 Å². The van der Waals surface area contributed by atoms with Crippen molar-refractivity contribution in [2.24, 2.45) is 0 Å². The molecule has 1 amide bonds. The molecule has 0 N–H and O–H groups in total. The standard InChI is InChI=1S/C15H22N2O3S2/c1-12-5-10-21-13(12)14(18)16-8-3-6-15(11-16)7-4-9-17(15)22(2,19)20/h5,10H,3-4,6-9,11H2,1-2H3/t15-/m1/s1. The first kappa shape index (κ1) is 16.0. The second kappa shape index (κ2) is 5.62. The van der Waals surface area contributed by atoms with Crippen molar-refractivity contribution in [3.63, 3.8) is 0 Å². The van der Waals surface area contributed by atoms with Crippen LogP contribution in [0.5, 0.6) is 0 Å². The van der Waals surface area contributed by atoms with Crippen LogP contribution in [0.3, 0.4) is 0 Å². The highest BCUT2D eigenvalue weighted by Gasteiger charge is 2.48. The van der Waals surface area contributed by atoms with Crippen LogP contribution < -0.4 is 0 Å². The monoisotopic (exact) mass is 342 g/mol. The summed E-state index contributed by atoms with van der Waals surface area (Å²) in [5.74, 6) is 0.0481. The number of aryl methyl sites for hydroxylation is 1. The Labute approximate surface area is 136 Å². The van der Waals surface area contributed by atoms with E-state index < -0.39 is 10.0 Å². The summed E-state index contributed by atoms with van der Waals surface area (Å²) in [4.78, 5) is 15.4. The molecule has 0 aliphatic carbocycles. The van der Waals surface area contributed by atoms with Crippen molar-refractivity contribution >= 4 is 27.3 Å². The molecule has 3 rings (SSSR count). The predicted molar refractivity (Wildman–Crippen MR) is 87.7 cm³/mol. The Morgan fingerprint density at radius 1 is 1.27 bits per heavy atom. The van der Waals surface area contributed by atoms with Crippen molar-refractivity contribution in [1.82, 2.24) is 9.21 Å². The number of rotatable bonds is 2. The van der Waals surface area contributed by atoms with Gasteiger partial charge < -0.3 is 4.90 Å². The van der Waals surface area contributed by atoms with Gasteiger partial charge in [-0.2, -0.15) is 4.31 Å². The smallest absolute Gasteiger partial charge is 0.264 e. The number of hydrogen-bond donors (Lipinski definition) is 0. The average Bonchev–Trinajstić information content (AvgIpc) is 3.04. The summed E-state index contributed by atoms with van der Waals surface area (Å²) in [7, 11) is -3.22. The second-order valence-electron chi connectivity index (χ2n) is 6.43. The van der Waals surface area contributed by atoms with E-state index in [1.807, 2.05) is 23.3 Å². The van der Waals surface area contributed by atoms with Crippen LogP contribution in [0.15, 0.2) is 11.4 Å². The fourth-order valence-corrected chi connectivity index (χ4v) is 6.16. The molecule has 1 atom stereocenters. The normalized spacial score (nSPS) is 26.7. The van der Waals surface area contributed by atoms with Gasteiger partial charge in [0.2, 0.25) is 10.0 Å². The molecule has 122 valence electrons. The summed E-state index contributed by atoms with van der Waals surface area (Å²) in [6.45, 7) is 3.77. The second-order valence-corrected chi connectivity index (χ2v) is 9.25. The zero-order chi connectivity index (χ0) is 16.0. The van der Waals surface area contributed by atoms with Gasteiger partial charge in [0.05, 0.1) is 16.7 Å². The van der Waals surface area contributed by atoms with Gasteiger partial charge in [0.25, 0.3) is 5.91 Å². The van der Waals surface area contributed by atoms with E-state index in [0.29, 0.717) is 13.1 Å². The summed E-state index contributed by atoms with van der Waals surface area (Å²) in [5.41, 5.74) is 0.619. The molecule has 5 nitrogen and oxygen atoms in total. The first-order valence-corrected chi connectivity index (χ1v) is 10.4. The van der Waals surface area contributed by atoms with Crippen LogP contribution in [0.25, 0.3) is 0 Å². The number of piperidine rings is 1. The van der Waals surface area contributed by atoms with Crippen LogP contribution in [0.4, 0.5) is 0 Å². The Balaban J connectivity index is 1.85. The van der Waals surface area contributed by atoms with Crippen molar-refractivity contribution in [1.29, 1.82) is 0 Å². The van der Waals surface area contributed by atoms with Gasteiger partial charge in [-0.25, -0.2) is 8.42 Å². The molecule has 0 aromatic carbocycles. The van der Waals surface area contributed by atoms with Crippen LogP contribution in [0.2, 0.25) is 0 Å². The maximum absolute atomic E-state index is 12.7. The number of hydrogen-bond acceptors (Lipinski definition) is 4. The Morgan fingerprint density at radius 3 is 2.55 bits per heavy atom. The lowest BCUT2D eigenvalue weighted by molar-refractivity contribution is 0.0528. The molecule has 0 radical (unpaired) electrons. The summed E-state index contributed by atoms with van der Waals surface area (Å²) in [6.07, 6.45) is 4.74. The number of sulfonamides is 1. The minimum absolute atomic E-state index is 0.0481. The zero-order valence-corrected chi connectivity index (χ0v) is 14.7. The fourth-order valence-electron chi connectivity index (χ4n) is 3.86. The maximum atomic E-state index is 12.7. The molecule has 0 bridgehead atoms. The van der Waals surface area contributed by atoms with Crippen LogP contribution in [0.1, 0.15) is 40.9 Å². The molecule has 3 heterocycles. The third-order valence-corrected chi connectivity index (χ3v) is 7.21. The molecule has 0 unspecified atom stereocenters. The largest absolute Gasteiger partial charge is 0.336 e. The highest BCUT2D eigenvalue weighted by Crippen LogP contribution is 2.39. The Hall–Kier alpha value is -0.920. The van der Waals surface area contributed by atoms with Gasteiger partial charge in [0, 0.05) is 19.6 Å². The first-order chi connectivity index (χ1) is 10.3. The minimum atomic E-state index is -3.22. The lowest BCUT2D eigenvalue weighted by atomic mass is 9.87. The molecule has 7 heteroatoms. The SMILES string of the molecule is Cc1ccsc1C(=O)N1CCC[C@@]2(CCCN2S(C)(=O)=O)C1. The van der Waals surface area contributed by atoms with E-state index in [0.717, 1.165) is 42.7 Å². The van der Waals surface area contributed by atoms with Gasteiger partial charge >= 0.3 is 0 Å². The summed E-state index contributed by atoms with van der Waals surface area (Å²) >= 11 is 1.47. The number of nitrogens with zero attached hydrogens (tertiary/aromatic N) is 2. The number of carbonyl (C=O) groups is 1. The Bertz CT molecular complexity index is 683. The number of carbonyl (C=O) groups excluding carboxylic acids is 1. The molecule has 1 aromatic heterocycles. The van der Waals surface area contributed by atoms with Crippen LogP contribution in [0, 0.1) is 6.92 Å². The van der Waals surface area contributed by atoms with Gasteiger partial charge in [-0.3, -0.25) is 4.79 Å². The Morgan fingerprint density at radius 2 is 1.95 bits per heavy atom. The van der Waals surface area contributed by atoms with E-state index in [-0.39, 0.29) is 11.4 Å². The molecule has 2 aliphatic heterocycles. The van der Waals surface area contributed by atoms with Crippen molar-refractivity contribution in [3.8, 4) is 0 Å². The van der Waals surface area contributed by atoms with E-state index in [1.165, 1.54) is 17.6 Å². The minimum Gasteiger partial charge on any atom is -0.336 e. The number of likely N-dealkylation sites (tertiary alicyclic amines) is 1. The lowest BCUT2D eigenvalue weighted by Crippen LogP contribution is -2.58. The van der Waals surface area contributed by atoms with Crippen molar-refractivity contribution in [2.75, 3.05) is 25.9 Å².